The lowest BCUT2D eigenvalue weighted by molar-refractivity contribution is -0.127. The summed E-state index contributed by atoms with van der Waals surface area (Å²) in [7, 11) is 3.12. The van der Waals surface area contributed by atoms with E-state index >= 15 is 0 Å². The van der Waals surface area contributed by atoms with Crippen LogP contribution in [0.25, 0.3) is 0 Å². The first-order chi connectivity index (χ1) is 13.6. The summed E-state index contributed by atoms with van der Waals surface area (Å²) in [4.78, 5) is 26.2. The number of carbonyl (C=O) groups is 2. The van der Waals surface area contributed by atoms with Crippen molar-refractivity contribution in [3.05, 3.63) is 23.8 Å². The highest BCUT2D eigenvalue weighted by Crippen LogP contribution is 2.28. The molecule has 8 nitrogen and oxygen atoms in total. The summed E-state index contributed by atoms with van der Waals surface area (Å²) in [5.74, 6) is 1.45. The number of benzene rings is 1. The summed E-state index contributed by atoms with van der Waals surface area (Å²) in [5, 5.41) is 11.2. The molecule has 0 spiro atoms. The average molecular weight is 423 g/mol. The maximum atomic E-state index is 12.3. The number of hydrogen-bond donors (Lipinski definition) is 1. The zero-order valence-corrected chi connectivity index (χ0v) is 17.4. The van der Waals surface area contributed by atoms with Crippen LogP contribution in [0.3, 0.4) is 0 Å². The number of aromatic nitrogens is 2. The Kier molecular flexibility index (Phi) is 7.10. The molecule has 1 saturated heterocycles. The third-order valence-electron chi connectivity index (χ3n) is 4.24. The normalized spacial score (nSPS) is 13.4. The lowest BCUT2D eigenvalue weighted by atomic mass is 10.1. The number of anilines is 1. The molecule has 1 aliphatic rings. The molecule has 2 heterocycles. The minimum Gasteiger partial charge on any atom is -0.493 e. The minimum atomic E-state index is -0.201. The van der Waals surface area contributed by atoms with Crippen LogP contribution in [0.5, 0.6) is 11.5 Å². The molecule has 1 aromatic carbocycles. The number of amides is 2. The van der Waals surface area contributed by atoms with E-state index in [0.717, 1.165) is 31.5 Å². The molecule has 0 saturated carbocycles. The molecule has 1 fully saturated rings. The number of likely N-dealkylation sites (tertiary alicyclic amines) is 1. The molecule has 1 N–H and O–H groups in total. The SMILES string of the molecule is COc1ccc(CC(=O)Nc2nnc(SCC(=O)N3CCCC3)s2)cc1OC. The van der Waals surface area contributed by atoms with Crippen LogP contribution in [0, 0.1) is 0 Å². The van der Waals surface area contributed by atoms with Crippen molar-refractivity contribution >= 4 is 40.0 Å². The predicted octanol–water partition coefficient (Wildman–Crippen LogP) is 2.45. The Balaban J connectivity index is 1.50. The summed E-state index contributed by atoms with van der Waals surface area (Å²) in [6, 6.07) is 5.34. The van der Waals surface area contributed by atoms with Gasteiger partial charge in [0, 0.05) is 13.1 Å². The number of nitrogens with one attached hydrogen (secondary N) is 1. The van der Waals surface area contributed by atoms with Crippen LogP contribution in [0.15, 0.2) is 22.5 Å². The van der Waals surface area contributed by atoms with Gasteiger partial charge in [-0.15, -0.1) is 10.2 Å². The molecule has 28 heavy (non-hydrogen) atoms. The van der Waals surface area contributed by atoms with Crippen molar-refractivity contribution in [3.8, 4) is 11.5 Å². The number of ether oxygens (including phenoxy) is 2. The summed E-state index contributed by atoms with van der Waals surface area (Å²) < 4.78 is 11.1. The summed E-state index contributed by atoms with van der Waals surface area (Å²) in [6.45, 7) is 1.68. The second-order valence-electron chi connectivity index (χ2n) is 6.16. The first-order valence-corrected chi connectivity index (χ1v) is 10.6. The molecule has 0 radical (unpaired) electrons. The first-order valence-electron chi connectivity index (χ1n) is 8.84. The summed E-state index contributed by atoms with van der Waals surface area (Å²) in [5.41, 5.74) is 0.797. The molecular weight excluding hydrogens is 400 g/mol. The van der Waals surface area contributed by atoms with Crippen LogP contribution in [0.1, 0.15) is 18.4 Å². The second kappa shape index (κ2) is 9.74. The van der Waals surface area contributed by atoms with Gasteiger partial charge in [0.1, 0.15) is 0 Å². The highest BCUT2D eigenvalue weighted by molar-refractivity contribution is 8.01. The van der Waals surface area contributed by atoms with Gasteiger partial charge >= 0.3 is 0 Å². The zero-order chi connectivity index (χ0) is 19.9. The highest BCUT2D eigenvalue weighted by atomic mass is 32.2. The van der Waals surface area contributed by atoms with E-state index < -0.39 is 0 Å². The van der Waals surface area contributed by atoms with Gasteiger partial charge in [-0.05, 0) is 30.5 Å². The standard InChI is InChI=1S/C18H22N4O4S2/c1-25-13-6-5-12(9-14(13)26-2)10-15(23)19-17-20-21-18(28-17)27-11-16(24)22-7-3-4-8-22/h5-6,9H,3-4,7-8,10-11H2,1-2H3,(H,19,20,23). The molecule has 1 aromatic heterocycles. The van der Waals surface area contributed by atoms with Gasteiger partial charge in [-0.3, -0.25) is 9.59 Å². The van der Waals surface area contributed by atoms with Crippen molar-refractivity contribution in [1.29, 1.82) is 0 Å². The lowest BCUT2D eigenvalue weighted by Gasteiger charge is -2.13. The smallest absolute Gasteiger partial charge is 0.233 e. The van der Waals surface area contributed by atoms with E-state index in [0.29, 0.717) is 26.7 Å². The molecular formula is C18H22N4O4S2. The Bertz CT molecular complexity index is 837. The fourth-order valence-electron chi connectivity index (χ4n) is 2.84. The quantitative estimate of drug-likeness (QED) is 0.516. The summed E-state index contributed by atoms with van der Waals surface area (Å²) in [6.07, 6.45) is 2.33. The monoisotopic (exact) mass is 422 g/mol. The molecule has 1 aliphatic heterocycles. The molecule has 0 bridgehead atoms. The molecule has 0 unspecified atom stereocenters. The van der Waals surface area contributed by atoms with Gasteiger partial charge in [0.15, 0.2) is 15.8 Å². The Labute approximate surface area is 171 Å². The van der Waals surface area contributed by atoms with Gasteiger partial charge in [-0.2, -0.15) is 0 Å². The molecule has 150 valence electrons. The van der Waals surface area contributed by atoms with E-state index in [4.69, 9.17) is 9.47 Å². The van der Waals surface area contributed by atoms with Gasteiger partial charge in [0.05, 0.1) is 26.4 Å². The van der Waals surface area contributed by atoms with Gasteiger partial charge in [-0.1, -0.05) is 29.2 Å². The van der Waals surface area contributed by atoms with Crippen LogP contribution in [0.4, 0.5) is 5.13 Å². The second-order valence-corrected chi connectivity index (χ2v) is 8.36. The number of methoxy groups -OCH3 is 2. The predicted molar refractivity (Wildman–Crippen MR) is 108 cm³/mol. The van der Waals surface area contributed by atoms with E-state index in [2.05, 4.69) is 15.5 Å². The Morgan fingerprint density at radius 3 is 2.64 bits per heavy atom. The van der Waals surface area contributed by atoms with E-state index in [-0.39, 0.29) is 18.2 Å². The summed E-state index contributed by atoms with van der Waals surface area (Å²) >= 11 is 2.61. The topological polar surface area (TPSA) is 93.7 Å². The third kappa shape index (κ3) is 5.35. The minimum absolute atomic E-state index is 0.122. The highest BCUT2D eigenvalue weighted by Gasteiger charge is 2.19. The number of carbonyl (C=O) groups excluding carboxylic acids is 2. The Morgan fingerprint density at radius 2 is 1.93 bits per heavy atom. The van der Waals surface area contributed by atoms with E-state index in [1.807, 2.05) is 11.0 Å². The molecule has 0 atom stereocenters. The molecule has 2 amide bonds. The van der Waals surface area contributed by atoms with Crippen LogP contribution in [0.2, 0.25) is 0 Å². The first kappa shape index (κ1) is 20.4. The van der Waals surface area contributed by atoms with E-state index in [1.54, 1.807) is 26.4 Å². The van der Waals surface area contributed by atoms with Gasteiger partial charge < -0.3 is 19.7 Å². The Morgan fingerprint density at radius 1 is 1.18 bits per heavy atom. The van der Waals surface area contributed by atoms with Crippen molar-refractivity contribution in [2.75, 3.05) is 38.4 Å². The van der Waals surface area contributed by atoms with Crippen molar-refractivity contribution in [3.63, 3.8) is 0 Å². The lowest BCUT2D eigenvalue weighted by Crippen LogP contribution is -2.29. The Hall–Kier alpha value is -2.33. The van der Waals surface area contributed by atoms with Crippen molar-refractivity contribution < 1.29 is 19.1 Å². The van der Waals surface area contributed by atoms with Crippen LogP contribution >= 0.6 is 23.1 Å². The van der Waals surface area contributed by atoms with E-state index in [1.165, 1.54) is 23.1 Å². The largest absolute Gasteiger partial charge is 0.493 e. The van der Waals surface area contributed by atoms with Crippen LogP contribution in [-0.2, 0) is 16.0 Å². The number of nitrogens with zero attached hydrogens (tertiary/aromatic N) is 3. The van der Waals surface area contributed by atoms with Gasteiger partial charge in [0.2, 0.25) is 16.9 Å². The van der Waals surface area contributed by atoms with Gasteiger partial charge in [0.25, 0.3) is 0 Å². The maximum absolute atomic E-state index is 12.3. The number of rotatable bonds is 8. The average Bonchev–Trinajstić information content (AvgIpc) is 3.38. The number of hydrogen-bond acceptors (Lipinski definition) is 8. The maximum Gasteiger partial charge on any atom is 0.233 e. The van der Waals surface area contributed by atoms with Crippen LogP contribution < -0.4 is 14.8 Å². The molecule has 10 heteroatoms. The number of thioether (sulfide) groups is 1. The molecule has 3 rings (SSSR count). The fraction of sp³-hybridized carbons (Fsp3) is 0.444. The van der Waals surface area contributed by atoms with Gasteiger partial charge in [-0.25, -0.2) is 0 Å². The molecule has 0 aliphatic carbocycles. The van der Waals surface area contributed by atoms with Crippen molar-refractivity contribution in [1.82, 2.24) is 15.1 Å². The van der Waals surface area contributed by atoms with Crippen molar-refractivity contribution in [2.45, 2.75) is 23.6 Å². The fourth-order valence-corrected chi connectivity index (χ4v) is 4.51. The zero-order valence-electron chi connectivity index (χ0n) is 15.8. The molecule has 2 aromatic rings. The third-order valence-corrected chi connectivity index (χ3v) is 6.20. The van der Waals surface area contributed by atoms with E-state index in [9.17, 15) is 9.59 Å². The van der Waals surface area contributed by atoms with Crippen LogP contribution in [-0.4, -0.2) is 60.0 Å². The van der Waals surface area contributed by atoms with Crippen molar-refractivity contribution in [2.24, 2.45) is 0 Å².